The standard InChI is InChI=1S/C29H27N3O5/c1-35-29(34)21-12-10-20(11-13-21)19-37-26-9-5-2-6-22(26)18-23(28(33)32-14-16-36-17-15-32)27-30-24-7-3-4-8-25(24)31-27/h2-13,18H,14-17,19H2,1H3,(H,30,31). The maximum Gasteiger partial charge on any atom is 0.337 e. The Bertz CT molecular complexity index is 1400. The molecule has 0 unspecified atom stereocenters. The first kappa shape index (κ1) is 24.3. The van der Waals surface area contributed by atoms with E-state index in [0.29, 0.717) is 55.6 Å². The Morgan fingerprint density at radius 3 is 2.49 bits per heavy atom. The van der Waals surface area contributed by atoms with Gasteiger partial charge in [0.2, 0.25) is 0 Å². The summed E-state index contributed by atoms with van der Waals surface area (Å²) in [7, 11) is 1.35. The van der Waals surface area contributed by atoms with Crippen molar-refractivity contribution in [2.45, 2.75) is 6.61 Å². The number of nitrogens with zero attached hydrogens (tertiary/aromatic N) is 2. The number of morpholine rings is 1. The number of para-hydroxylation sites is 3. The van der Waals surface area contributed by atoms with Crippen LogP contribution in [0.25, 0.3) is 22.7 Å². The van der Waals surface area contributed by atoms with E-state index in [4.69, 9.17) is 19.2 Å². The van der Waals surface area contributed by atoms with E-state index in [1.165, 1.54) is 7.11 Å². The van der Waals surface area contributed by atoms with Crippen LogP contribution in [-0.4, -0.2) is 60.2 Å². The minimum atomic E-state index is -0.383. The van der Waals surface area contributed by atoms with Crippen LogP contribution < -0.4 is 4.74 Å². The lowest BCUT2D eigenvalue weighted by Crippen LogP contribution is -2.41. The van der Waals surface area contributed by atoms with Crippen molar-refractivity contribution in [1.29, 1.82) is 0 Å². The smallest absolute Gasteiger partial charge is 0.337 e. The summed E-state index contributed by atoms with van der Waals surface area (Å²) in [6.45, 7) is 2.36. The average Bonchev–Trinajstić information content (AvgIpc) is 3.39. The molecule has 2 heterocycles. The molecule has 1 fully saturated rings. The lowest BCUT2D eigenvalue weighted by Gasteiger charge is -2.27. The van der Waals surface area contributed by atoms with E-state index < -0.39 is 0 Å². The quantitative estimate of drug-likeness (QED) is 0.302. The van der Waals surface area contributed by atoms with Gasteiger partial charge in [-0.3, -0.25) is 4.79 Å². The van der Waals surface area contributed by atoms with Crippen molar-refractivity contribution in [3.8, 4) is 5.75 Å². The second-order valence-electron chi connectivity index (χ2n) is 8.58. The third-order valence-electron chi connectivity index (χ3n) is 6.16. The molecule has 0 bridgehead atoms. The van der Waals surface area contributed by atoms with Crippen molar-refractivity contribution in [1.82, 2.24) is 14.9 Å². The van der Waals surface area contributed by atoms with E-state index in [1.807, 2.05) is 66.7 Å². The third kappa shape index (κ3) is 5.54. The summed E-state index contributed by atoms with van der Waals surface area (Å²) in [6.07, 6.45) is 1.82. The SMILES string of the molecule is COC(=O)c1ccc(COc2ccccc2C=C(C(=O)N2CCOCC2)c2nc3ccccc3[nH]2)cc1. The van der Waals surface area contributed by atoms with Gasteiger partial charge in [0.25, 0.3) is 5.91 Å². The first-order chi connectivity index (χ1) is 18.1. The van der Waals surface area contributed by atoms with Crippen molar-refractivity contribution in [3.63, 3.8) is 0 Å². The normalized spacial score (nSPS) is 14.0. The van der Waals surface area contributed by atoms with Crippen LogP contribution in [0.15, 0.2) is 72.8 Å². The molecule has 0 atom stereocenters. The van der Waals surface area contributed by atoms with Crippen molar-refractivity contribution in [3.05, 3.63) is 95.3 Å². The Balaban J connectivity index is 1.45. The first-order valence-electron chi connectivity index (χ1n) is 12.1. The Labute approximate surface area is 214 Å². The molecule has 1 N–H and O–H groups in total. The van der Waals surface area contributed by atoms with Gasteiger partial charge < -0.3 is 24.1 Å². The number of aromatic amines is 1. The Hall–Kier alpha value is -4.43. The van der Waals surface area contributed by atoms with Gasteiger partial charge in [0.05, 0.1) is 42.5 Å². The average molecular weight is 498 g/mol. The summed E-state index contributed by atoms with van der Waals surface area (Å²) in [6, 6.07) is 22.3. The zero-order valence-corrected chi connectivity index (χ0v) is 20.5. The Kier molecular flexibility index (Phi) is 7.28. The van der Waals surface area contributed by atoms with E-state index in [0.717, 1.165) is 22.2 Å². The molecule has 0 aliphatic carbocycles. The molecule has 1 saturated heterocycles. The second-order valence-corrected chi connectivity index (χ2v) is 8.58. The van der Waals surface area contributed by atoms with E-state index in [2.05, 4.69) is 4.98 Å². The van der Waals surface area contributed by atoms with Gasteiger partial charge in [-0.1, -0.05) is 42.5 Å². The molecule has 1 aliphatic heterocycles. The van der Waals surface area contributed by atoms with Gasteiger partial charge in [-0.2, -0.15) is 0 Å². The number of imidazole rings is 1. The minimum Gasteiger partial charge on any atom is -0.488 e. The second kappa shape index (κ2) is 11.1. The van der Waals surface area contributed by atoms with E-state index in [-0.39, 0.29) is 11.9 Å². The topological polar surface area (TPSA) is 93.8 Å². The number of hydrogen-bond donors (Lipinski definition) is 1. The van der Waals surface area contributed by atoms with Crippen LogP contribution >= 0.6 is 0 Å². The molecule has 5 rings (SSSR count). The highest BCUT2D eigenvalue weighted by Gasteiger charge is 2.24. The maximum atomic E-state index is 13.6. The number of methoxy groups -OCH3 is 1. The summed E-state index contributed by atoms with van der Waals surface area (Å²) in [4.78, 5) is 35.1. The monoisotopic (exact) mass is 497 g/mol. The van der Waals surface area contributed by atoms with Crippen molar-refractivity contribution < 1.29 is 23.8 Å². The van der Waals surface area contributed by atoms with Crippen LogP contribution in [0.5, 0.6) is 5.75 Å². The highest BCUT2D eigenvalue weighted by Crippen LogP contribution is 2.27. The molecule has 1 aliphatic rings. The van der Waals surface area contributed by atoms with E-state index in [9.17, 15) is 9.59 Å². The van der Waals surface area contributed by atoms with Gasteiger partial charge in [-0.15, -0.1) is 0 Å². The van der Waals surface area contributed by atoms with Crippen LogP contribution in [0.4, 0.5) is 0 Å². The number of esters is 1. The number of rotatable bonds is 7. The molecular formula is C29H27N3O5. The summed E-state index contributed by atoms with van der Waals surface area (Å²) >= 11 is 0. The molecule has 37 heavy (non-hydrogen) atoms. The molecule has 0 radical (unpaired) electrons. The molecule has 0 saturated carbocycles. The van der Waals surface area contributed by atoms with Gasteiger partial charge >= 0.3 is 5.97 Å². The van der Waals surface area contributed by atoms with Crippen LogP contribution in [0, 0.1) is 0 Å². The predicted molar refractivity (Wildman–Crippen MR) is 140 cm³/mol. The Morgan fingerprint density at radius 2 is 1.73 bits per heavy atom. The third-order valence-corrected chi connectivity index (χ3v) is 6.16. The molecule has 188 valence electrons. The molecule has 8 heteroatoms. The van der Waals surface area contributed by atoms with Gasteiger partial charge in [0, 0.05) is 18.7 Å². The molecule has 1 amide bonds. The van der Waals surface area contributed by atoms with Crippen molar-refractivity contribution in [2.75, 3.05) is 33.4 Å². The van der Waals surface area contributed by atoms with Gasteiger partial charge in [-0.25, -0.2) is 9.78 Å². The minimum absolute atomic E-state index is 0.115. The van der Waals surface area contributed by atoms with E-state index >= 15 is 0 Å². The van der Waals surface area contributed by atoms with Crippen LogP contribution in [0.2, 0.25) is 0 Å². The fourth-order valence-electron chi connectivity index (χ4n) is 4.15. The molecule has 4 aromatic rings. The molecule has 0 spiro atoms. The molecular weight excluding hydrogens is 470 g/mol. The zero-order chi connectivity index (χ0) is 25.6. The number of ether oxygens (including phenoxy) is 3. The van der Waals surface area contributed by atoms with Crippen molar-refractivity contribution >= 4 is 34.6 Å². The number of carbonyl (C=O) groups is 2. The number of benzene rings is 3. The highest BCUT2D eigenvalue weighted by atomic mass is 16.5. The lowest BCUT2D eigenvalue weighted by molar-refractivity contribution is -0.128. The molecule has 8 nitrogen and oxygen atoms in total. The molecule has 3 aromatic carbocycles. The Morgan fingerprint density at radius 1 is 1.00 bits per heavy atom. The van der Waals surface area contributed by atoms with Gasteiger partial charge in [0.1, 0.15) is 18.2 Å². The number of carbonyl (C=O) groups excluding carboxylic acids is 2. The largest absolute Gasteiger partial charge is 0.488 e. The van der Waals surface area contributed by atoms with Crippen LogP contribution in [0.3, 0.4) is 0 Å². The van der Waals surface area contributed by atoms with Crippen LogP contribution in [-0.2, 0) is 20.9 Å². The van der Waals surface area contributed by atoms with Crippen LogP contribution in [0.1, 0.15) is 27.3 Å². The summed E-state index contributed by atoms with van der Waals surface area (Å²) in [5.74, 6) is 0.635. The zero-order valence-electron chi connectivity index (χ0n) is 20.5. The fraction of sp³-hybridized carbons (Fsp3) is 0.207. The maximum absolute atomic E-state index is 13.6. The van der Waals surface area contributed by atoms with Gasteiger partial charge in [0.15, 0.2) is 0 Å². The van der Waals surface area contributed by atoms with E-state index in [1.54, 1.807) is 17.0 Å². The van der Waals surface area contributed by atoms with Gasteiger partial charge in [-0.05, 0) is 42.0 Å². The number of hydrogen-bond acceptors (Lipinski definition) is 6. The number of fused-ring (bicyclic) bond motifs is 1. The summed E-state index contributed by atoms with van der Waals surface area (Å²) in [5, 5.41) is 0. The predicted octanol–water partition coefficient (Wildman–Crippen LogP) is 4.33. The molecule has 1 aromatic heterocycles. The highest BCUT2D eigenvalue weighted by molar-refractivity contribution is 6.23. The number of amides is 1. The summed E-state index contributed by atoms with van der Waals surface area (Å²) < 4.78 is 16.3. The number of H-pyrrole nitrogens is 1. The lowest BCUT2D eigenvalue weighted by atomic mass is 10.1. The fourth-order valence-corrected chi connectivity index (χ4v) is 4.15. The number of aromatic nitrogens is 2. The first-order valence-corrected chi connectivity index (χ1v) is 12.1. The summed E-state index contributed by atoms with van der Waals surface area (Å²) in [5.41, 5.74) is 4.23. The number of nitrogens with one attached hydrogen (secondary N) is 1. The van der Waals surface area contributed by atoms with Crippen molar-refractivity contribution in [2.24, 2.45) is 0 Å².